The van der Waals surface area contributed by atoms with Crippen molar-refractivity contribution in [2.45, 2.75) is 18.8 Å². The molecule has 1 aromatic carbocycles. The van der Waals surface area contributed by atoms with Gasteiger partial charge in [0, 0.05) is 23.6 Å². The fourth-order valence-electron chi connectivity index (χ4n) is 2.58. The number of nitrogens with one attached hydrogen (secondary N) is 2. The van der Waals surface area contributed by atoms with Gasteiger partial charge in [0.15, 0.2) is 6.29 Å². The average Bonchev–Trinajstić information content (AvgIpc) is 2.87. The molecule has 3 rings (SSSR count). The summed E-state index contributed by atoms with van der Waals surface area (Å²) in [5, 5.41) is 3.15. The van der Waals surface area contributed by atoms with E-state index in [0.29, 0.717) is 18.4 Å². The molecular weight excluding hydrogens is 244 g/mol. The van der Waals surface area contributed by atoms with Crippen LogP contribution in [0, 0.1) is 0 Å². The normalized spacial score (nSPS) is 19.5. The van der Waals surface area contributed by atoms with Crippen molar-refractivity contribution in [3.8, 4) is 0 Å². The lowest BCUT2D eigenvalue weighted by molar-refractivity contribution is -0.134. The summed E-state index contributed by atoms with van der Waals surface area (Å²) in [5.41, 5.74) is 2.21. The Morgan fingerprint density at radius 3 is 2.79 bits per heavy atom. The Hall–Kier alpha value is -2.43. The van der Waals surface area contributed by atoms with Gasteiger partial charge in [-0.2, -0.15) is 0 Å². The molecule has 1 fully saturated rings. The first kappa shape index (κ1) is 11.6. The van der Waals surface area contributed by atoms with Gasteiger partial charge >= 0.3 is 0 Å². The highest BCUT2D eigenvalue weighted by atomic mass is 16.2. The maximum absolute atomic E-state index is 11.9. The van der Waals surface area contributed by atoms with E-state index in [9.17, 15) is 14.4 Å². The maximum atomic E-state index is 11.9. The summed E-state index contributed by atoms with van der Waals surface area (Å²) in [5.74, 6) is -0.848. The minimum Gasteiger partial charge on any atom is -0.361 e. The van der Waals surface area contributed by atoms with Crippen molar-refractivity contribution in [3.63, 3.8) is 0 Å². The number of imide groups is 1. The van der Waals surface area contributed by atoms with Crippen LogP contribution in [0.1, 0.15) is 34.7 Å². The molecule has 0 radical (unpaired) electrons. The van der Waals surface area contributed by atoms with E-state index in [1.165, 1.54) is 0 Å². The summed E-state index contributed by atoms with van der Waals surface area (Å²) in [6.07, 6.45) is 3.38. The van der Waals surface area contributed by atoms with Crippen LogP contribution in [0.15, 0.2) is 24.4 Å². The predicted molar refractivity (Wildman–Crippen MR) is 68.8 cm³/mol. The highest BCUT2D eigenvalue weighted by Gasteiger charge is 2.29. The molecule has 5 heteroatoms. The molecule has 1 saturated heterocycles. The lowest BCUT2D eigenvalue weighted by Crippen LogP contribution is -2.39. The van der Waals surface area contributed by atoms with Gasteiger partial charge in [-0.05, 0) is 18.1 Å². The third-order valence-corrected chi connectivity index (χ3v) is 3.53. The smallest absolute Gasteiger partial charge is 0.234 e. The quantitative estimate of drug-likeness (QED) is 0.631. The number of fused-ring (bicyclic) bond motifs is 1. The summed E-state index contributed by atoms with van der Waals surface area (Å²) in [7, 11) is 0. The molecule has 0 aliphatic carbocycles. The van der Waals surface area contributed by atoms with Gasteiger partial charge in [-0.1, -0.05) is 12.1 Å². The van der Waals surface area contributed by atoms with Gasteiger partial charge in [0.25, 0.3) is 0 Å². The monoisotopic (exact) mass is 256 g/mol. The van der Waals surface area contributed by atoms with Gasteiger partial charge in [-0.3, -0.25) is 19.7 Å². The maximum Gasteiger partial charge on any atom is 0.234 e. The summed E-state index contributed by atoms with van der Waals surface area (Å²) in [6.45, 7) is 0. The second-order valence-corrected chi connectivity index (χ2v) is 4.63. The molecule has 1 aliphatic rings. The van der Waals surface area contributed by atoms with E-state index in [2.05, 4.69) is 10.3 Å². The highest BCUT2D eigenvalue weighted by molar-refractivity contribution is 6.04. The zero-order valence-electron chi connectivity index (χ0n) is 10.1. The van der Waals surface area contributed by atoms with Crippen molar-refractivity contribution in [2.75, 3.05) is 0 Å². The van der Waals surface area contributed by atoms with Crippen LogP contribution in [-0.2, 0) is 9.59 Å². The molecule has 2 amide bonds. The molecule has 1 aliphatic heterocycles. The minimum absolute atomic E-state index is 0.228. The van der Waals surface area contributed by atoms with Gasteiger partial charge in [-0.15, -0.1) is 0 Å². The molecule has 0 bridgehead atoms. The molecule has 19 heavy (non-hydrogen) atoms. The largest absolute Gasteiger partial charge is 0.361 e. The SMILES string of the molecule is O=Cc1ccc(C2CCC(=O)NC2=O)c2[nH]ccc12. The third-order valence-electron chi connectivity index (χ3n) is 3.53. The Kier molecular flexibility index (Phi) is 2.67. The topological polar surface area (TPSA) is 79.0 Å². The first-order valence-electron chi connectivity index (χ1n) is 6.09. The van der Waals surface area contributed by atoms with Crippen LogP contribution >= 0.6 is 0 Å². The van der Waals surface area contributed by atoms with Crippen LogP contribution in [0.5, 0.6) is 0 Å². The summed E-state index contributed by atoms with van der Waals surface area (Å²) >= 11 is 0. The molecule has 0 spiro atoms. The standard InChI is InChI=1S/C14H12N2O3/c17-7-8-1-2-10(13-9(8)5-6-15-13)11-3-4-12(18)16-14(11)19/h1-2,5-7,11,15H,3-4H2,(H,16,18,19). The summed E-state index contributed by atoms with van der Waals surface area (Å²) < 4.78 is 0. The molecule has 2 heterocycles. The lowest BCUT2D eigenvalue weighted by atomic mass is 9.88. The van der Waals surface area contributed by atoms with E-state index >= 15 is 0 Å². The van der Waals surface area contributed by atoms with Gasteiger partial charge < -0.3 is 4.98 Å². The zero-order valence-corrected chi connectivity index (χ0v) is 10.1. The predicted octanol–water partition coefficient (Wildman–Crippen LogP) is 1.50. The van der Waals surface area contributed by atoms with Crippen LogP contribution in [0.25, 0.3) is 10.9 Å². The molecular formula is C14H12N2O3. The molecule has 1 unspecified atom stereocenters. The first-order valence-corrected chi connectivity index (χ1v) is 6.09. The van der Waals surface area contributed by atoms with Crippen LogP contribution in [0.4, 0.5) is 0 Å². The Balaban J connectivity index is 2.11. The van der Waals surface area contributed by atoms with Crippen LogP contribution in [0.2, 0.25) is 0 Å². The number of carbonyl (C=O) groups is 3. The lowest BCUT2D eigenvalue weighted by Gasteiger charge is -2.21. The third kappa shape index (κ3) is 1.83. The van der Waals surface area contributed by atoms with Crippen molar-refractivity contribution in [3.05, 3.63) is 35.5 Å². The average molecular weight is 256 g/mol. The number of benzene rings is 1. The number of carbonyl (C=O) groups excluding carboxylic acids is 3. The minimum atomic E-state index is -0.348. The second-order valence-electron chi connectivity index (χ2n) is 4.63. The molecule has 96 valence electrons. The Bertz CT molecular complexity index is 687. The summed E-state index contributed by atoms with van der Waals surface area (Å²) in [6, 6.07) is 5.30. The number of amides is 2. The number of piperidine rings is 1. The van der Waals surface area contributed by atoms with E-state index in [0.717, 1.165) is 22.8 Å². The first-order chi connectivity index (χ1) is 9.20. The Labute approximate surface area is 109 Å². The number of hydrogen-bond donors (Lipinski definition) is 2. The molecule has 0 saturated carbocycles. The summed E-state index contributed by atoms with van der Waals surface area (Å²) in [4.78, 5) is 37.1. The number of aromatic amines is 1. The van der Waals surface area contributed by atoms with Crippen LogP contribution in [-0.4, -0.2) is 23.1 Å². The van der Waals surface area contributed by atoms with Crippen molar-refractivity contribution in [2.24, 2.45) is 0 Å². The zero-order chi connectivity index (χ0) is 13.4. The number of H-pyrrole nitrogens is 1. The molecule has 1 aromatic heterocycles. The van der Waals surface area contributed by atoms with Crippen molar-refractivity contribution >= 4 is 29.0 Å². The van der Waals surface area contributed by atoms with E-state index in [1.807, 2.05) is 6.07 Å². The van der Waals surface area contributed by atoms with Crippen LogP contribution in [0.3, 0.4) is 0 Å². The molecule has 1 atom stereocenters. The number of aromatic nitrogens is 1. The second kappa shape index (κ2) is 4.35. The molecule has 2 N–H and O–H groups in total. The van der Waals surface area contributed by atoms with Crippen molar-refractivity contribution < 1.29 is 14.4 Å². The Morgan fingerprint density at radius 1 is 1.21 bits per heavy atom. The number of hydrogen-bond acceptors (Lipinski definition) is 3. The number of aldehydes is 1. The van der Waals surface area contributed by atoms with Crippen molar-refractivity contribution in [1.29, 1.82) is 0 Å². The Morgan fingerprint density at radius 2 is 2.05 bits per heavy atom. The fraction of sp³-hybridized carbons (Fsp3) is 0.214. The fourth-order valence-corrected chi connectivity index (χ4v) is 2.58. The molecule has 5 nitrogen and oxygen atoms in total. The van der Waals surface area contributed by atoms with E-state index in [4.69, 9.17) is 0 Å². The van der Waals surface area contributed by atoms with E-state index in [-0.39, 0.29) is 17.7 Å². The van der Waals surface area contributed by atoms with Crippen molar-refractivity contribution in [1.82, 2.24) is 10.3 Å². The van der Waals surface area contributed by atoms with Gasteiger partial charge in [-0.25, -0.2) is 0 Å². The van der Waals surface area contributed by atoms with E-state index in [1.54, 1.807) is 18.3 Å². The van der Waals surface area contributed by atoms with E-state index < -0.39 is 0 Å². The molecule has 2 aromatic rings. The van der Waals surface area contributed by atoms with Gasteiger partial charge in [0.05, 0.1) is 11.4 Å². The number of rotatable bonds is 2. The van der Waals surface area contributed by atoms with Gasteiger partial charge in [0.2, 0.25) is 11.8 Å². The highest BCUT2D eigenvalue weighted by Crippen LogP contribution is 2.31. The van der Waals surface area contributed by atoms with Crippen LogP contribution < -0.4 is 5.32 Å². The van der Waals surface area contributed by atoms with Gasteiger partial charge in [0.1, 0.15) is 0 Å².